The molecule has 0 saturated heterocycles. The number of thiazole rings is 1. The highest BCUT2D eigenvalue weighted by molar-refractivity contribution is 7.11. The number of rotatable bonds is 6. The second-order valence-electron chi connectivity index (χ2n) is 6.42. The van der Waals surface area contributed by atoms with E-state index < -0.39 is 0 Å². The lowest BCUT2D eigenvalue weighted by Crippen LogP contribution is -2.35. The molecule has 0 radical (unpaired) electrons. The molecular weight excluding hydrogens is 268 g/mol. The van der Waals surface area contributed by atoms with E-state index in [9.17, 15) is 0 Å². The fraction of sp³-hybridized carbons (Fsp3) is 0.812. The van der Waals surface area contributed by atoms with Crippen LogP contribution in [0.4, 0.5) is 0 Å². The van der Waals surface area contributed by atoms with Crippen molar-refractivity contribution in [3.05, 3.63) is 16.1 Å². The molecule has 0 aliphatic heterocycles. The molecule has 0 spiro atoms. The first-order valence-corrected chi connectivity index (χ1v) is 8.86. The Morgan fingerprint density at radius 3 is 3.00 bits per heavy atom. The van der Waals surface area contributed by atoms with Crippen LogP contribution in [0.1, 0.15) is 62.3 Å². The summed E-state index contributed by atoms with van der Waals surface area (Å²) < 4.78 is 6.21. The van der Waals surface area contributed by atoms with Crippen LogP contribution in [0.5, 0.6) is 0 Å². The highest BCUT2D eigenvalue weighted by Gasteiger charge is 2.39. The van der Waals surface area contributed by atoms with E-state index in [1.54, 1.807) is 0 Å². The third kappa shape index (κ3) is 3.23. The third-order valence-electron chi connectivity index (χ3n) is 4.46. The Morgan fingerprint density at radius 2 is 2.30 bits per heavy atom. The van der Waals surface area contributed by atoms with Crippen molar-refractivity contribution in [2.45, 2.75) is 70.6 Å². The first-order valence-electron chi connectivity index (χ1n) is 8.04. The molecule has 0 aromatic carbocycles. The normalized spacial score (nSPS) is 30.6. The number of nitrogens with zero attached hydrogens (tertiary/aromatic N) is 1. The van der Waals surface area contributed by atoms with E-state index in [-0.39, 0.29) is 5.60 Å². The van der Waals surface area contributed by atoms with Crippen LogP contribution >= 0.6 is 11.3 Å². The minimum atomic E-state index is -0.102. The van der Waals surface area contributed by atoms with Crippen molar-refractivity contribution in [1.82, 2.24) is 10.3 Å². The average molecular weight is 294 g/mol. The molecule has 0 bridgehead atoms. The summed E-state index contributed by atoms with van der Waals surface area (Å²) in [4.78, 5) is 6.07. The third-order valence-corrected chi connectivity index (χ3v) is 5.64. The van der Waals surface area contributed by atoms with Crippen LogP contribution < -0.4 is 5.32 Å². The van der Waals surface area contributed by atoms with E-state index in [0.717, 1.165) is 38.0 Å². The predicted octanol–water partition coefficient (Wildman–Crippen LogP) is 3.84. The first kappa shape index (κ1) is 14.5. The van der Waals surface area contributed by atoms with Crippen molar-refractivity contribution < 1.29 is 4.74 Å². The minimum Gasteiger partial charge on any atom is -0.368 e. The quantitative estimate of drug-likeness (QED) is 0.865. The standard InChI is InChI=1S/C16H26N2OS/c1-3-19-16(8-4-5-12(2)9-16)15-18-11-14(20-15)10-17-13-6-7-13/h11-13,17H,3-10H2,1-2H3. The monoisotopic (exact) mass is 294 g/mol. The summed E-state index contributed by atoms with van der Waals surface area (Å²) in [6.07, 6.45) is 9.58. The van der Waals surface area contributed by atoms with Gasteiger partial charge < -0.3 is 10.1 Å². The number of ether oxygens (including phenoxy) is 1. The molecule has 2 atom stereocenters. The zero-order valence-corrected chi connectivity index (χ0v) is 13.5. The van der Waals surface area contributed by atoms with Gasteiger partial charge in [-0.15, -0.1) is 11.3 Å². The Kier molecular flexibility index (Phi) is 4.43. The van der Waals surface area contributed by atoms with Gasteiger partial charge in [0.05, 0.1) is 0 Å². The maximum atomic E-state index is 6.21. The maximum absolute atomic E-state index is 6.21. The molecule has 1 heterocycles. The van der Waals surface area contributed by atoms with Crippen molar-refractivity contribution in [1.29, 1.82) is 0 Å². The molecule has 2 fully saturated rings. The molecule has 2 unspecified atom stereocenters. The Balaban J connectivity index is 1.72. The van der Waals surface area contributed by atoms with Gasteiger partial charge in [0, 0.05) is 30.3 Å². The molecule has 2 aliphatic carbocycles. The van der Waals surface area contributed by atoms with Crippen LogP contribution in [0.15, 0.2) is 6.20 Å². The second-order valence-corrected chi connectivity index (χ2v) is 7.53. The molecule has 3 rings (SSSR count). The van der Waals surface area contributed by atoms with Crippen molar-refractivity contribution in [3.63, 3.8) is 0 Å². The van der Waals surface area contributed by atoms with E-state index in [2.05, 4.69) is 25.4 Å². The van der Waals surface area contributed by atoms with Gasteiger partial charge in [-0.2, -0.15) is 0 Å². The van der Waals surface area contributed by atoms with Crippen molar-refractivity contribution in [2.24, 2.45) is 5.92 Å². The molecule has 112 valence electrons. The lowest BCUT2D eigenvalue weighted by atomic mass is 9.79. The van der Waals surface area contributed by atoms with Crippen LogP contribution in [-0.2, 0) is 16.9 Å². The molecule has 0 amide bonds. The van der Waals surface area contributed by atoms with Gasteiger partial charge >= 0.3 is 0 Å². The fourth-order valence-corrected chi connectivity index (χ4v) is 4.34. The van der Waals surface area contributed by atoms with Crippen LogP contribution in [0.3, 0.4) is 0 Å². The van der Waals surface area contributed by atoms with E-state index in [4.69, 9.17) is 9.72 Å². The highest BCUT2D eigenvalue weighted by Crippen LogP contribution is 2.44. The summed E-state index contributed by atoms with van der Waals surface area (Å²) >= 11 is 1.85. The molecule has 3 nitrogen and oxygen atoms in total. The summed E-state index contributed by atoms with van der Waals surface area (Å²) in [5.74, 6) is 0.743. The van der Waals surface area contributed by atoms with E-state index in [1.807, 2.05) is 11.3 Å². The van der Waals surface area contributed by atoms with Crippen LogP contribution in [-0.4, -0.2) is 17.6 Å². The van der Waals surface area contributed by atoms with Crippen molar-refractivity contribution in [3.8, 4) is 0 Å². The molecule has 4 heteroatoms. The molecule has 1 aromatic heterocycles. The van der Waals surface area contributed by atoms with Crippen molar-refractivity contribution in [2.75, 3.05) is 6.61 Å². The molecule has 2 aliphatic rings. The number of aromatic nitrogens is 1. The predicted molar refractivity (Wildman–Crippen MR) is 82.9 cm³/mol. The highest BCUT2D eigenvalue weighted by atomic mass is 32.1. The molecule has 2 saturated carbocycles. The largest absolute Gasteiger partial charge is 0.368 e. The minimum absolute atomic E-state index is 0.102. The van der Waals surface area contributed by atoms with E-state index in [0.29, 0.717) is 0 Å². The van der Waals surface area contributed by atoms with Gasteiger partial charge in [0.25, 0.3) is 0 Å². The van der Waals surface area contributed by atoms with Crippen molar-refractivity contribution >= 4 is 11.3 Å². The molecule has 1 aromatic rings. The Labute approximate surface area is 126 Å². The second kappa shape index (κ2) is 6.12. The summed E-state index contributed by atoms with van der Waals surface area (Å²) in [5, 5.41) is 4.78. The number of nitrogens with one attached hydrogen (secondary N) is 1. The Bertz CT molecular complexity index is 439. The zero-order valence-electron chi connectivity index (χ0n) is 12.7. The SMILES string of the molecule is CCOC1(c2ncc(CNC3CC3)s2)CCCC(C)C1. The van der Waals surface area contributed by atoms with Gasteiger partial charge in [0.15, 0.2) is 0 Å². The van der Waals surface area contributed by atoms with Crippen LogP contribution in [0.2, 0.25) is 0 Å². The topological polar surface area (TPSA) is 34.1 Å². The lowest BCUT2D eigenvalue weighted by molar-refractivity contribution is -0.0820. The summed E-state index contributed by atoms with van der Waals surface area (Å²) in [6, 6.07) is 0.760. The first-order chi connectivity index (χ1) is 9.72. The molecular formula is C16H26N2OS. The van der Waals surface area contributed by atoms with Gasteiger partial charge in [-0.3, -0.25) is 0 Å². The number of hydrogen-bond donors (Lipinski definition) is 1. The average Bonchev–Trinajstić information content (AvgIpc) is 3.13. The van der Waals surface area contributed by atoms with Gasteiger partial charge in [-0.1, -0.05) is 13.3 Å². The van der Waals surface area contributed by atoms with Gasteiger partial charge in [-0.25, -0.2) is 4.98 Å². The van der Waals surface area contributed by atoms with Gasteiger partial charge in [0.1, 0.15) is 10.6 Å². The van der Waals surface area contributed by atoms with E-state index in [1.165, 1.54) is 35.6 Å². The fourth-order valence-electron chi connectivity index (χ4n) is 3.30. The summed E-state index contributed by atoms with van der Waals surface area (Å²) in [6.45, 7) is 6.20. The lowest BCUT2D eigenvalue weighted by Gasteiger charge is -2.38. The Morgan fingerprint density at radius 1 is 1.45 bits per heavy atom. The van der Waals surface area contributed by atoms with Gasteiger partial charge in [-0.05, 0) is 44.9 Å². The van der Waals surface area contributed by atoms with Gasteiger partial charge in [0.2, 0.25) is 0 Å². The van der Waals surface area contributed by atoms with Crippen LogP contribution in [0.25, 0.3) is 0 Å². The smallest absolute Gasteiger partial charge is 0.125 e. The van der Waals surface area contributed by atoms with Crippen LogP contribution in [0, 0.1) is 5.92 Å². The summed E-state index contributed by atoms with van der Waals surface area (Å²) in [7, 11) is 0. The Hall–Kier alpha value is -0.450. The number of hydrogen-bond acceptors (Lipinski definition) is 4. The summed E-state index contributed by atoms with van der Waals surface area (Å²) in [5.41, 5.74) is -0.102. The van der Waals surface area contributed by atoms with E-state index >= 15 is 0 Å². The zero-order chi connectivity index (χ0) is 14.0. The molecule has 1 N–H and O–H groups in total. The maximum Gasteiger partial charge on any atom is 0.125 e. The molecule has 20 heavy (non-hydrogen) atoms.